The number of nitrogens with two attached hydrogens (primary N) is 1. The van der Waals surface area contributed by atoms with E-state index in [0.29, 0.717) is 43.5 Å². The first-order valence-corrected chi connectivity index (χ1v) is 10.7. The Morgan fingerprint density at radius 3 is 2.43 bits per heavy atom. The van der Waals surface area contributed by atoms with Crippen molar-refractivity contribution in [3.05, 3.63) is 64.7 Å². The summed E-state index contributed by atoms with van der Waals surface area (Å²) in [6.45, 7) is 0.736. The standard InChI is InChI=1S/C23H25ClFN3O2/c24-18-14-16(25)7-8-17(18)22(9-2-3-10-22)21(30)28-13-5-11-23(15-28,20(26)29)19-6-1-4-12-27-19/h1,4,6-8,12,14H,2-3,5,9-11,13,15H2,(H2,26,29). The summed E-state index contributed by atoms with van der Waals surface area (Å²) in [5, 5.41) is 0.271. The number of halogens is 2. The summed E-state index contributed by atoms with van der Waals surface area (Å²) in [5.74, 6) is -0.959. The van der Waals surface area contributed by atoms with Crippen LogP contribution in [-0.4, -0.2) is 34.8 Å². The van der Waals surface area contributed by atoms with E-state index in [2.05, 4.69) is 4.98 Å². The maximum absolute atomic E-state index is 13.9. The molecule has 2 heterocycles. The van der Waals surface area contributed by atoms with Crippen LogP contribution in [0.4, 0.5) is 4.39 Å². The molecule has 1 unspecified atom stereocenters. The van der Waals surface area contributed by atoms with Crippen LogP contribution in [0.1, 0.15) is 49.8 Å². The van der Waals surface area contributed by atoms with Gasteiger partial charge >= 0.3 is 0 Å². The fraction of sp³-hybridized carbons (Fsp3) is 0.435. The first kappa shape index (κ1) is 20.8. The number of piperidine rings is 1. The van der Waals surface area contributed by atoms with Crippen LogP contribution in [0, 0.1) is 5.82 Å². The molecule has 2 N–H and O–H groups in total. The normalized spacial score (nSPS) is 23.3. The second-order valence-corrected chi connectivity index (χ2v) is 8.81. The Morgan fingerprint density at radius 2 is 1.80 bits per heavy atom. The van der Waals surface area contributed by atoms with Crippen molar-refractivity contribution < 1.29 is 14.0 Å². The molecule has 5 nitrogen and oxygen atoms in total. The maximum atomic E-state index is 13.9. The number of rotatable bonds is 4. The van der Waals surface area contributed by atoms with Gasteiger partial charge in [0.15, 0.2) is 0 Å². The van der Waals surface area contributed by atoms with Crippen molar-refractivity contribution >= 4 is 23.4 Å². The third-order valence-electron chi connectivity index (χ3n) is 6.72. The number of hydrogen-bond donors (Lipinski definition) is 1. The lowest BCUT2D eigenvalue weighted by Gasteiger charge is -2.44. The van der Waals surface area contributed by atoms with Crippen LogP contribution in [0.3, 0.4) is 0 Å². The zero-order valence-corrected chi connectivity index (χ0v) is 17.5. The van der Waals surface area contributed by atoms with E-state index in [9.17, 15) is 14.0 Å². The lowest BCUT2D eigenvalue weighted by molar-refractivity contribution is -0.141. The second-order valence-electron chi connectivity index (χ2n) is 8.40. The minimum atomic E-state index is -1.01. The zero-order valence-electron chi connectivity index (χ0n) is 16.7. The predicted molar refractivity (Wildman–Crippen MR) is 112 cm³/mol. The number of hydrogen-bond acceptors (Lipinski definition) is 3. The smallest absolute Gasteiger partial charge is 0.233 e. The molecule has 0 spiro atoms. The third-order valence-corrected chi connectivity index (χ3v) is 7.03. The number of benzene rings is 1. The number of likely N-dealkylation sites (tertiary alicyclic amines) is 1. The van der Waals surface area contributed by atoms with Gasteiger partial charge in [-0.25, -0.2) is 4.39 Å². The molecule has 2 aliphatic rings. The van der Waals surface area contributed by atoms with Crippen LogP contribution in [-0.2, 0) is 20.4 Å². The minimum Gasteiger partial charge on any atom is -0.369 e. The van der Waals surface area contributed by atoms with Gasteiger partial charge in [0.05, 0.1) is 11.1 Å². The van der Waals surface area contributed by atoms with Crippen LogP contribution < -0.4 is 5.73 Å². The molecule has 7 heteroatoms. The van der Waals surface area contributed by atoms with Gasteiger partial charge < -0.3 is 10.6 Å². The highest BCUT2D eigenvalue weighted by Crippen LogP contribution is 2.46. The van der Waals surface area contributed by atoms with Crippen LogP contribution in [0.25, 0.3) is 0 Å². The Labute approximate surface area is 180 Å². The lowest BCUT2D eigenvalue weighted by Crippen LogP contribution is -2.58. The molecule has 4 rings (SSSR count). The first-order chi connectivity index (χ1) is 14.4. The van der Waals surface area contributed by atoms with Crippen molar-refractivity contribution in [1.82, 2.24) is 9.88 Å². The molecule has 0 bridgehead atoms. The highest BCUT2D eigenvalue weighted by Gasteiger charge is 2.51. The molecule has 1 saturated carbocycles. The number of primary amides is 1. The molecule has 1 saturated heterocycles. The number of nitrogens with zero attached hydrogens (tertiary/aromatic N) is 2. The van der Waals surface area contributed by atoms with Gasteiger partial charge in [0.2, 0.25) is 11.8 Å². The minimum absolute atomic E-state index is 0.0604. The van der Waals surface area contributed by atoms with Gasteiger partial charge in [-0.05, 0) is 55.5 Å². The molecule has 0 radical (unpaired) electrons. The summed E-state index contributed by atoms with van der Waals surface area (Å²) in [4.78, 5) is 32.6. The monoisotopic (exact) mass is 429 g/mol. The topological polar surface area (TPSA) is 76.3 Å². The second kappa shape index (κ2) is 7.99. The van der Waals surface area contributed by atoms with Crippen molar-refractivity contribution in [2.24, 2.45) is 5.73 Å². The molecule has 1 aliphatic heterocycles. The van der Waals surface area contributed by atoms with Crippen LogP contribution in [0.2, 0.25) is 5.02 Å². The Morgan fingerprint density at radius 1 is 1.07 bits per heavy atom. The van der Waals surface area contributed by atoms with Crippen molar-refractivity contribution in [3.63, 3.8) is 0 Å². The van der Waals surface area contributed by atoms with Gasteiger partial charge in [0.1, 0.15) is 11.2 Å². The summed E-state index contributed by atoms with van der Waals surface area (Å²) < 4.78 is 13.7. The predicted octanol–water partition coefficient (Wildman–Crippen LogP) is 3.73. The molecular weight excluding hydrogens is 405 g/mol. The number of amides is 2. The van der Waals surface area contributed by atoms with Crippen molar-refractivity contribution in [3.8, 4) is 0 Å². The SMILES string of the molecule is NC(=O)C1(c2ccccn2)CCCN(C(=O)C2(c3ccc(F)cc3Cl)CCCC2)C1. The van der Waals surface area contributed by atoms with E-state index in [0.717, 1.165) is 12.8 Å². The fourth-order valence-electron chi connectivity index (χ4n) is 5.17. The molecule has 158 valence electrons. The summed E-state index contributed by atoms with van der Waals surface area (Å²) in [5.41, 5.74) is 5.31. The molecule has 2 amide bonds. The number of aromatic nitrogens is 1. The van der Waals surface area contributed by atoms with E-state index in [1.165, 1.54) is 12.1 Å². The van der Waals surface area contributed by atoms with E-state index >= 15 is 0 Å². The van der Waals surface area contributed by atoms with E-state index in [1.54, 1.807) is 29.3 Å². The first-order valence-electron chi connectivity index (χ1n) is 10.4. The van der Waals surface area contributed by atoms with E-state index in [4.69, 9.17) is 17.3 Å². The Hall–Kier alpha value is -2.47. The molecule has 1 aromatic heterocycles. The Bertz CT molecular complexity index is 962. The summed E-state index contributed by atoms with van der Waals surface area (Å²) >= 11 is 6.39. The molecular formula is C23H25ClFN3O2. The Kier molecular flexibility index (Phi) is 5.53. The third kappa shape index (κ3) is 3.37. The van der Waals surface area contributed by atoms with Crippen molar-refractivity contribution in [2.45, 2.75) is 49.4 Å². The van der Waals surface area contributed by atoms with E-state index < -0.39 is 22.6 Å². The summed E-state index contributed by atoms with van der Waals surface area (Å²) in [7, 11) is 0. The quantitative estimate of drug-likeness (QED) is 0.804. The van der Waals surface area contributed by atoms with Gasteiger partial charge in [0.25, 0.3) is 0 Å². The average Bonchev–Trinajstić information content (AvgIpc) is 3.24. The largest absolute Gasteiger partial charge is 0.369 e. The van der Waals surface area contributed by atoms with E-state index in [-0.39, 0.29) is 17.5 Å². The molecule has 1 aromatic carbocycles. The molecule has 2 aromatic rings. The van der Waals surface area contributed by atoms with Gasteiger partial charge in [0, 0.05) is 24.3 Å². The van der Waals surface area contributed by atoms with Crippen LogP contribution in [0.5, 0.6) is 0 Å². The molecule has 30 heavy (non-hydrogen) atoms. The number of carbonyl (C=O) groups excluding carboxylic acids is 2. The molecule has 1 atom stereocenters. The van der Waals surface area contributed by atoms with Crippen molar-refractivity contribution in [2.75, 3.05) is 13.1 Å². The van der Waals surface area contributed by atoms with E-state index in [1.807, 2.05) is 6.07 Å². The number of carbonyl (C=O) groups is 2. The average molecular weight is 430 g/mol. The Balaban J connectivity index is 1.71. The van der Waals surface area contributed by atoms with Gasteiger partial charge in [-0.15, -0.1) is 0 Å². The van der Waals surface area contributed by atoms with Gasteiger partial charge in [-0.2, -0.15) is 0 Å². The maximum Gasteiger partial charge on any atom is 0.233 e. The molecule has 1 aliphatic carbocycles. The summed E-state index contributed by atoms with van der Waals surface area (Å²) in [6, 6.07) is 9.65. The van der Waals surface area contributed by atoms with Gasteiger partial charge in [-0.1, -0.05) is 36.6 Å². The van der Waals surface area contributed by atoms with Gasteiger partial charge in [-0.3, -0.25) is 14.6 Å². The summed E-state index contributed by atoms with van der Waals surface area (Å²) in [6.07, 6.45) is 5.94. The number of pyridine rings is 1. The van der Waals surface area contributed by atoms with Crippen LogP contribution in [0.15, 0.2) is 42.6 Å². The highest BCUT2D eigenvalue weighted by molar-refractivity contribution is 6.31. The van der Waals surface area contributed by atoms with Crippen molar-refractivity contribution in [1.29, 1.82) is 0 Å². The highest BCUT2D eigenvalue weighted by atomic mass is 35.5. The zero-order chi connectivity index (χ0) is 21.4. The van der Waals surface area contributed by atoms with Crippen LogP contribution >= 0.6 is 11.6 Å². The fourth-order valence-corrected chi connectivity index (χ4v) is 5.52. The lowest BCUT2D eigenvalue weighted by atomic mass is 9.73. The molecule has 2 fully saturated rings.